The smallest absolute Gasteiger partial charge is 0.224 e. The summed E-state index contributed by atoms with van der Waals surface area (Å²) in [5.74, 6) is 0.197. The quantitative estimate of drug-likeness (QED) is 0.851. The number of methoxy groups -OCH3 is 1. The van der Waals surface area contributed by atoms with Crippen molar-refractivity contribution in [2.24, 2.45) is 5.92 Å². The van der Waals surface area contributed by atoms with Gasteiger partial charge in [0.1, 0.15) is 4.60 Å². The Balaban J connectivity index is 2.53. The third-order valence-electron chi connectivity index (χ3n) is 2.28. The minimum absolute atomic E-state index is 0.0157. The number of rotatable bonds is 5. The molecule has 0 saturated heterocycles. The fourth-order valence-electron chi connectivity index (χ4n) is 1.50. The van der Waals surface area contributed by atoms with Crippen molar-refractivity contribution in [3.63, 3.8) is 0 Å². The van der Waals surface area contributed by atoms with E-state index in [-0.39, 0.29) is 11.8 Å². The summed E-state index contributed by atoms with van der Waals surface area (Å²) in [4.78, 5) is 15.8. The van der Waals surface area contributed by atoms with Crippen molar-refractivity contribution >= 4 is 27.5 Å². The minimum Gasteiger partial charge on any atom is -0.384 e. The van der Waals surface area contributed by atoms with Crippen LogP contribution in [0.25, 0.3) is 0 Å². The first kappa shape index (κ1) is 14.1. The van der Waals surface area contributed by atoms with Gasteiger partial charge in [0.05, 0.1) is 11.9 Å². The van der Waals surface area contributed by atoms with E-state index in [1.807, 2.05) is 19.9 Å². The molecule has 0 aliphatic heterocycles. The van der Waals surface area contributed by atoms with Gasteiger partial charge in [0.2, 0.25) is 5.91 Å². The van der Waals surface area contributed by atoms with Crippen LogP contribution in [0.15, 0.2) is 16.9 Å². The second-order valence-corrected chi connectivity index (χ2v) is 4.90. The molecule has 1 rings (SSSR count). The molecule has 17 heavy (non-hydrogen) atoms. The lowest BCUT2D eigenvalue weighted by atomic mass is 10.1. The van der Waals surface area contributed by atoms with Crippen LogP contribution in [-0.2, 0) is 9.53 Å². The lowest BCUT2D eigenvalue weighted by Gasteiger charge is -2.10. The zero-order valence-electron chi connectivity index (χ0n) is 10.3. The molecule has 0 fully saturated rings. The first-order valence-electron chi connectivity index (χ1n) is 5.44. The number of carbonyl (C=O) groups excluding carboxylic acids is 1. The minimum atomic E-state index is -0.0157. The van der Waals surface area contributed by atoms with Gasteiger partial charge in [-0.15, -0.1) is 0 Å². The van der Waals surface area contributed by atoms with Gasteiger partial charge in [0, 0.05) is 20.1 Å². The number of hydrogen-bond donors (Lipinski definition) is 1. The van der Waals surface area contributed by atoms with Gasteiger partial charge in [0.25, 0.3) is 0 Å². The Morgan fingerprint density at radius 3 is 2.94 bits per heavy atom. The van der Waals surface area contributed by atoms with Crippen LogP contribution in [0, 0.1) is 12.8 Å². The highest BCUT2D eigenvalue weighted by Crippen LogP contribution is 2.17. The van der Waals surface area contributed by atoms with E-state index in [1.165, 1.54) is 0 Å². The fourth-order valence-corrected chi connectivity index (χ4v) is 1.72. The SMILES string of the molecule is COCC(C)CC(=O)Nc1cnc(Br)c(C)c1. The van der Waals surface area contributed by atoms with Crippen LogP contribution in [0.4, 0.5) is 5.69 Å². The first-order chi connectivity index (χ1) is 8.02. The maximum absolute atomic E-state index is 11.7. The van der Waals surface area contributed by atoms with Crippen LogP contribution >= 0.6 is 15.9 Å². The topological polar surface area (TPSA) is 51.2 Å². The molecular formula is C12H17BrN2O2. The average Bonchev–Trinajstić information content (AvgIpc) is 2.23. The number of pyridine rings is 1. The second kappa shape index (κ2) is 6.71. The maximum Gasteiger partial charge on any atom is 0.224 e. The fraction of sp³-hybridized carbons (Fsp3) is 0.500. The van der Waals surface area contributed by atoms with Gasteiger partial charge >= 0.3 is 0 Å². The van der Waals surface area contributed by atoms with Gasteiger partial charge in [-0.25, -0.2) is 4.98 Å². The Bertz CT molecular complexity index is 396. The molecule has 1 amide bonds. The number of nitrogens with zero attached hydrogens (tertiary/aromatic N) is 1. The van der Waals surface area contributed by atoms with E-state index in [4.69, 9.17) is 4.74 Å². The van der Waals surface area contributed by atoms with Gasteiger partial charge in [0.15, 0.2) is 0 Å². The maximum atomic E-state index is 11.7. The second-order valence-electron chi connectivity index (χ2n) is 4.14. The zero-order valence-corrected chi connectivity index (χ0v) is 11.9. The number of hydrogen-bond acceptors (Lipinski definition) is 3. The molecule has 1 aromatic heterocycles. The molecule has 94 valence electrons. The van der Waals surface area contributed by atoms with Crippen LogP contribution in [0.5, 0.6) is 0 Å². The van der Waals surface area contributed by atoms with Crippen molar-refractivity contribution in [2.45, 2.75) is 20.3 Å². The Morgan fingerprint density at radius 1 is 1.65 bits per heavy atom. The summed E-state index contributed by atoms with van der Waals surface area (Å²) in [5, 5.41) is 2.82. The van der Waals surface area contributed by atoms with Crippen molar-refractivity contribution in [3.8, 4) is 0 Å². The van der Waals surface area contributed by atoms with E-state index < -0.39 is 0 Å². The highest BCUT2D eigenvalue weighted by Gasteiger charge is 2.09. The summed E-state index contributed by atoms with van der Waals surface area (Å²) < 4.78 is 5.79. The van der Waals surface area contributed by atoms with E-state index in [1.54, 1.807) is 13.3 Å². The lowest BCUT2D eigenvalue weighted by molar-refractivity contribution is -0.117. The molecule has 5 heteroatoms. The average molecular weight is 301 g/mol. The van der Waals surface area contributed by atoms with Crippen LogP contribution in [0.3, 0.4) is 0 Å². The normalized spacial score (nSPS) is 12.2. The van der Waals surface area contributed by atoms with Crippen molar-refractivity contribution in [3.05, 3.63) is 22.4 Å². The van der Waals surface area contributed by atoms with E-state index in [0.717, 1.165) is 15.9 Å². The standard InChI is InChI=1S/C12H17BrN2O2/c1-8(7-17-3)4-11(16)15-10-5-9(2)12(13)14-6-10/h5-6,8H,4,7H2,1-3H3,(H,15,16). The van der Waals surface area contributed by atoms with Crippen LogP contribution in [-0.4, -0.2) is 24.6 Å². The monoisotopic (exact) mass is 300 g/mol. The number of ether oxygens (including phenoxy) is 1. The Hall–Kier alpha value is -0.940. The largest absolute Gasteiger partial charge is 0.384 e. The van der Waals surface area contributed by atoms with Gasteiger partial charge in [-0.2, -0.15) is 0 Å². The van der Waals surface area contributed by atoms with E-state index in [9.17, 15) is 4.79 Å². The predicted octanol–water partition coefficient (Wildman–Crippen LogP) is 2.76. The predicted molar refractivity (Wildman–Crippen MR) is 71.0 cm³/mol. The van der Waals surface area contributed by atoms with Crippen molar-refractivity contribution in [1.29, 1.82) is 0 Å². The van der Waals surface area contributed by atoms with E-state index in [2.05, 4.69) is 26.2 Å². The number of carbonyl (C=O) groups is 1. The van der Waals surface area contributed by atoms with Crippen molar-refractivity contribution in [1.82, 2.24) is 4.98 Å². The molecule has 0 aliphatic carbocycles. The first-order valence-corrected chi connectivity index (χ1v) is 6.23. The van der Waals surface area contributed by atoms with Gasteiger partial charge in [-0.1, -0.05) is 6.92 Å². The molecule has 0 bridgehead atoms. The lowest BCUT2D eigenvalue weighted by Crippen LogP contribution is -2.17. The molecule has 0 saturated carbocycles. The van der Waals surface area contributed by atoms with Gasteiger partial charge in [-0.3, -0.25) is 4.79 Å². The third kappa shape index (κ3) is 4.83. The van der Waals surface area contributed by atoms with Gasteiger partial charge in [-0.05, 0) is 40.4 Å². The molecular weight excluding hydrogens is 284 g/mol. The van der Waals surface area contributed by atoms with Gasteiger partial charge < -0.3 is 10.1 Å². The highest BCUT2D eigenvalue weighted by molar-refractivity contribution is 9.10. The molecule has 0 aromatic carbocycles. The molecule has 0 radical (unpaired) electrons. The molecule has 1 aromatic rings. The number of halogens is 1. The Kier molecular flexibility index (Phi) is 5.58. The Morgan fingerprint density at radius 2 is 2.35 bits per heavy atom. The summed E-state index contributed by atoms with van der Waals surface area (Å²) in [7, 11) is 1.64. The molecule has 0 spiro atoms. The van der Waals surface area contributed by atoms with E-state index >= 15 is 0 Å². The van der Waals surface area contributed by atoms with Crippen molar-refractivity contribution in [2.75, 3.05) is 19.0 Å². The summed E-state index contributed by atoms with van der Waals surface area (Å²) in [6.07, 6.45) is 2.08. The number of aromatic nitrogens is 1. The number of aryl methyl sites for hydroxylation is 1. The summed E-state index contributed by atoms with van der Waals surface area (Å²) >= 11 is 3.32. The molecule has 1 N–H and O–H groups in total. The third-order valence-corrected chi connectivity index (χ3v) is 3.11. The number of anilines is 1. The van der Waals surface area contributed by atoms with E-state index in [0.29, 0.717) is 13.0 Å². The van der Waals surface area contributed by atoms with Crippen molar-refractivity contribution < 1.29 is 9.53 Å². The molecule has 1 unspecified atom stereocenters. The molecule has 0 aliphatic rings. The Labute approximate surface area is 110 Å². The highest BCUT2D eigenvalue weighted by atomic mass is 79.9. The molecule has 1 atom stereocenters. The van der Waals surface area contributed by atoms with Crippen LogP contribution in [0.2, 0.25) is 0 Å². The summed E-state index contributed by atoms with van der Waals surface area (Å²) in [5.41, 5.74) is 1.72. The summed E-state index contributed by atoms with van der Waals surface area (Å²) in [6, 6.07) is 1.88. The zero-order chi connectivity index (χ0) is 12.8. The van der Waals surface area contributed by atoms with Crippen LogP contribution < -0.4 is 5.32 Å². The number of nitrogens with one attached hydrogen (secondary N) is 1. The summed E-state index contributed by atoms with van der Waals surface area (Å²) in [6.45, 7) is 4.50. The molecule has 1 heterocycles. The van der Waals surface area contributed by atoms with Crippen LogP contribution in [0.1, 0.15) is 18.9 Å². The number of amides is 1. The molecule has 4 nitrogen and oxygen atoms in total.